The van der Waals surface area contributed by atoms with Crippen molar-refractivity contribution in [2.75, 3.05) is 5.33 Å². The zero-order valence-corrected chi connectivity index (χ0v) is 9.69. The molecule has 1 rings (SSSR count). The first kappa shape index (κ1) is 11.2. The van der Waals surface area contributed by atoms with Crippen molar-refractivity contribution in [2.24, 2.45) is 5.41 Å². The highest BCUT2D eigenvalue weighted by molar-refractivity contribution is 9.09. The second-order valence-corrected chi connectivity index (χ2v) is 4.52. The van der Waals surface area contributed by atoms with Gasteiger partial charge in [0.25, 0.3) is 0 Å². The van der Waals surface area contributed by atoms with Crippen LogP contribution in [0.2, 0.25) is 0 Å². The second kappa shape index (κ2) is 4.08. The third-order valence-electron chi connectivity index (χ3n) is 1.78. The van der Waals surface area contributed by atoms with Crippen molar-refractivity contribution >= 4 is 21.7 Å². The third kappa shape index (κ3) is 2.80. The van der Waals surface area contributed by atoms with Crippen LogP contribution in [0.15, 0.2) is 12.5 Å². The van der Waals surface area contributed by atoms with Crippen molar-refractivity contribution in [3.63, 3.8) is 0 Å². The summed E-state index contributed by atoms with van der Waals surface area (Å²) in [5, 5.41) is 11.2. The average Bonchev–Trinajstić information content (AvgIpc) is 2.52. The van der Waals surface area contributed by atoms with Gasteiger partial charge in [-0.3, -0.25) is 0 Å². The molecule has 0 aliphatic carbocycles. The number of nitrogens with zero attached hydrogens (tertiary/aromatic N) is 3. The summed E-state index contributed by atoms with van der Waals surface area (Å²) in [6.45, 7) is 4.86. The maximum absolute atomic E-state index is 10.4. The number of halogens is 1. The van der Waals surface area contributed by atoms with Crippen molar-refractivity contribution in [3.8, 4) is 0 Å². The quantitative estimate of drug-likeness (QED) is 0.474. The summed E-state index contributed by atoms with van der Waals surface area (Å²) in [5.74, 6) is -0.102. The van der Waals surface area contributed by atoms with Crippen LogP contribution in [-0.4, -0.2) is 19.8 Å². The van der Waals surface area contributed by atoms with Crippen LogP contribution in [0.3, 0.4) is 0 Å². The van der Waals surface area contributed by atoms with Crippen molar-refractivity contribution in [3.05, 3.63) is 22.6 Å². The minimum absolute atomic E-state index is 0.0641. The summed E-state index contributed by atoms with van der Waals surface area (Å²) in [5.41, 5.74) is 0.0641. The molecule has 0 amide bonds. The molecule has 0 N–H and O–H groups in total. The van der Waals surface area contributed by atoms with Gasteiger partial charge in [0.05, 0.1) is 0 Å². The lowest BCUT2D eigenvalue weighted by molar-refractivity contribution is -0.389. The molecule has 0 spiro atoms. The van der Waals surface area contributed by atoms with Gasteiger partial charge in [-0.05, 0) is 15.3 Å². The largest absolute Gasteiger partial charge is 0.381 e. The van der Waals surface area contributed by atoms with E-state index < -0.39 is 4.92 Å². The molecule has 5 nitrogen and oxygen atoms in total. The van der Waals surface area contributed by atoms with E-state index in [-0.39, 0.29) is 11.2 Å². The molecule has 0 fully saturated rings. The number of aromatic nitrogens is 2. The first-order chi connectivity index (χ1) is 6.44. The minimum atomic E-state index is -0.488. The predicted octanol–water partition coefficient (Wildman–Crippen LogP) is 2.21. The van der Waals surface area contributed by atoms with Crippen molar-refractivity contribution in [1.82, 2.24) is 9.55 Å². The number of rotatable bonds is 4. The van der Waals surface area contributed by atoms with Crippen molar-refractivity contribution in [1.29, 1.82) is 0 Å². The molecule has 0 aliphatic heterocycles. The Morgan fingerprint density at radius 2 is 2.36 bits per heavy atom. The molecule has 0 aromatic carbocycles. The lowest BCUT2D eigenvalue weighted by atomic mass is 9.97. The molecular formula is C8H12BrN3O2. The number of imidazole rings is 1. The van der Waals surface area contributed by atoms with E-state index in [1.54, 1.807) is 4.57 Å². The van der Waals surface area contributed by atoms with E-state index >= 15 is 0 Å². The number of alkyl halides is 1. The minimum Gasteiger partial charge on any atom is -0.358 e. The van der Waals surface area contributed by atoms with Crippen LogP contribution < -0.4 is 0 Å². The van der Waals surface area contributed by atoms with Gasteiger partial charge < -0.3 is 14.7 Å². The molecule has 0 saturated heterocycles. The fourth-order valence-corrected chi connectivity index (χ4v) is 1.24. The van der Waals surface area contributed by atoms with Gasteiger partial charge in [-0.15, -0.1) is 0 Å². The first-order valence-corrected chi connectivity index (χ1v) is 5.29. The van der Waals surface area contributed by atoms with E-state index in [1.807, 2.05) is 0 Å². The van der Waals surface area contributed by atoms with Gasteiger partial charge in [0.15, 0.2) is 0 Å². The number of hydrogen-bond acceptors (Lipinski definition) is 3. The highest BCUT2D eigenvalue weighted by atomic mass is 79.9. The molecular weight excluding hydrogens is 250 g/mol. The maximum atomic E-state index is 10.4. The van der Waals surface area contributed by atoms with Crippen molar-refractivity contribution < 1.29 is 4.92 Å². The zero-order chi connectivity index (χ0) is 10.8. The van der Waals surface area contributed by atoms with Gasteiger partial charge in [0.1, 0.15) is 6.20 Å². The van der Waals surface area contributed by atoms with Gasteiger partial charge in [-0.2, -0.15) is 0 Å². The van der Waals surface area contributed by atoms with E-state index in [4.69, 9.17) is 0 Å². The Labute approximate surface area is 90.4 Å². The summed E-state index contributed by atoms with van der Waals surface area (Å²) in [6, 6.07) is 0. The van der Waals surface area contributed by atoms with E-state index in [0.717, 1.165) is 5.33 Å². The zero-order valence-electron chi connectivity index (χ0n) is 8.11. The molecule has 1 aromatic rings. The van der Waals surface area contributed by atoms with Crippen LogP contribution in [-0.2, 0) is 6.54 Å². The van der Waals surface area contributed by atoms with Crippen LogP contribution in [0.4, 0.5) is 5.82 Å². The summed E-state index contributed by atoms with van der Waals surface area (Å²) in [7, 11) is 0. The Hall–Kier alpha value is -0.910. The molecule has 1 aromatic heterocycles. The molecule has 0 radical (unpaired) electrons. The lowest BCUT2D eigenvalue weighted by Gasteiger charge is -2.20. The predicted molar refractivity (Wildman–Crippen MR) is 56.5 cm³/mol. The highest BCUT2D eigenvalue weighted by Crippen LogP contribution is 2.21. The SMILES string of the molecule is CC(C)(CBr)Cn1cnc([N+](=O)[O-])c1. The Balaban J connectivity index is 2.73. The molecule has 1 heterocycles. The third-order valence-corrected chi connectivity index (χ3v) is 3.30. The van der Waals surface area contributed by atoms with Crippen LogP contribution in [0, 0.1) is 15.5 Å². The average molecular weight is 262 g/mol. The van der Waals surface area contributed by atoms with E-state index in [1.165, 1.54) is 12.5 Å². The van der Waals surface area contributed by atoms with Gasteiger partial charge in [-0.25, -0.2) is 0 Å². The molecule has 0 saturated carbocycles. The number of hydrogen-bond donors (Lipinski definition) is 0. The van der Waals surface area contributed by atoms with E-state index in [0.29, 0.717) is 6.54 Å². The fraction of sp³-hybridized carbons (Fsp3) is 0.625. The summed E-state index contributed by atoms with van der Waals surface area (Å²) < 4.78 is 1.74. The van der Waals surface area contributed by atoms with Gasteiger partial charge in [0, 0.05) is 11.9 Å². The molecule has 0 atom stereocenters. The Morgan fingerprint density at radius 1 is 1.71 bits per heavy atom. The topological polar surface area (TPSA) is 61.0 Å². The molecule has 0 aliphatic rings. The first-order valence-electron chi connectivity index (χ1n) is 4.17. The second-order valence-electron chi connectivity index (χ2n) is 3.96. The molecule has 0 unspecified atom stereocenters. The molecule has 6 heteroatoms. The summed E-state index contributed by atoms with van der Waals surface area (Å²) in [4.78, 5) is 13.6. The monoisotopic (exact) mass is 261 g/mol. The fourth-order valence-electron chi connectivity index (χ4n) is 1.07. The molecule has 14 heavy (non-hydrogen) atoms. The Morgan fingerprint density at radius 3 is 2.79 bits per heavy atom. The van der Waals surface area contributed by atoms with Crippen LogP contribution in [0.5, 0.6) is 0 Å². The lowest BCUT2D eigenvalue weighted by Crippen LogP contribution is -2.20. The van der Waals surface area contributed by atoms with E-state index in [9.17, 15) is 10.1 Å². The van der Waals surface area contributed by atoms with Crippen LogP contribution in [0.1, 0.15) is 13.8 Å². The Kier molecular flexibility index (Phi) is 3.25. The van der Waals surface area contributed by atoms with Gasteiger partial charge >= 0.3 is 5.82 Å². The standard InChI is InChI=1S/C8H12BrN3O2/c1-8(2,4-9)5-11-3-7(10-6-11)12(13)14/h3,6H,4-5H2,1-2H3. The summed E-state index contributed by atoms with van der Waals surface area (Å²) >= 11 is 3.40. The van der Waals surface area contributed by atoms with Crippen molar-refractivity contribution in [2.45, 2.75) is 20.4 Å². The van der Waals surface area contributed by atoms with Gasteiger partial charge in [-0.1, -0.05) is 29.8 Å². The maximum Gasteiger partial charge on any atom is 0.381 e. The number of nitro groups is 1. The van der Waals surface area contributed by atoms with Gasteiger partial charge in [0.2, 0.25) is 6.33 Å². The van der Waals surface area contributed by atoms with E-state index in [2.05, 4.69) is 34.8 Å². The summed E-state index contributed by atoms with van der Waals surface area (Å²) in [6.07, 6.45) is 2.94. The molecule has 78 valence electrons. The van der Waals surface area contributed by atoms with Crippen LogP contribution in [0.25, 0.3) is 0 Å². The smallest absolute Gasteiger partial charge is 0.358 e. The van der Waals surface area contributed by atoms with Crippen LogP contribution >= 0.6 is 15.9 Å². The Bertz CT molecular complexity index is 335. The normalized spacial score (nSPS) is 11.6. The molecule has 0 bridgehead atoms. The highest BCUT2D eigenvalue weighted by Gasteiger charge is 2.19.